The van der Waals surface area contributed by atoms with Crippen LogP contribution in [0.2, 0.25) is 0 Å². The number of nitrogens with zero attached hydrogens (tertiary/aromatic N) is 3. The standard InChI is InChI=1S/C12H17N3O4/c16-11(15-6-2-1-3-7-15)8-9-13-10(19-14-9)4-5-12(17)18/h1-8H2,(H,17,18). The predicted octanol–water partition coefficient (Wildman–Crippen LogP) is 0.642. The molecule has 0 bridgehead atoms. The number of hydrogen-bond donors (Lipinski definition) is 1. The number of carbonyl (C=O) groups is 2. The molecule has 1 N–H and O–H groups in total. The molecule has 2 rings (SSSR count). The van der Waals surface area contributed by atoms with Crippen LogP contribution >= 0.6 is 0 Å². The highest BCUT2D eigenvalue weighted by Crippen LogP contribution is 2.10. The van der Waals surface area contributed by atoms with Gasteiger partial charge in [0.05, 0.1) is 12.8 Å². The molecule has 2 heterocycles. The third kappa shape index (κ3) is 4.04. The van der Waals surface area contributed by atoms with Crippen LogP contribution in [0.1, 0.15) is 37.4 Å². The minimum absolute atomic E-state index is 0.00489. The van der Waals surface area contributed by atoms with E-state index in [1.165, 1.54) is 6.42 Å². The normalized spacial score (nSPS) is 15.5. The lowest BCUT2D eigenvalue weighted by atomic mass is 10.1. The van der Waals surface area contributed by atoms with Crippen molar-refractivity contribution in [3.05, 3.63) is 11.7 Å². The van der Waals surface area contributed by atoms with E-state index in [2.05, 4.69) is 10.1 Å². The second-order valence-corrected chi connectivity index (χ2v) is 4.62. The average molecular weight is 267 g/mol. The Morgan fingerprint density at radius 1 is 1.26 bits per heavy atom. The fraction of sp³-hybridized carbons (Fsp3) is 0.667. The lowest BCUT2D eigenvalue weighted by molar-refractivity contribution is -0.137. The van der Waals surface area contributed by atoms with Crippen LogP contribution in [0.3, 0.4) is 0 Å². The number of rotatable bonds is 5. The smallest absolute Gasteiger partial charge is 0.303 e. The van der Waals surface area contributed by atoms with Crippen LogP contribution < -0.4 is 0 Å². The summed E-state index contributed by atoms with van der Waals surface area (Å²) in [7, 11) is 0. The van der Waals surface area contributed by atoms with Crippen LogP contribution in [0.25, 0.3) is 0 Å². The van der Waals surface area contributed by atoms with E-state index in [-0.39, 0.29) is 31.1 Å². The minimum atomic E-state index is -0.913. The molecule has 1 aromatic rings. The molecule has 0 radical (unpaired) electrons. The van der Waals surface area contributed by atoms with Crippen molar-refractivity contribution in [2.75, 3.05) is 13.1 Å². The first-order chi connectivity index (χ1) is 9.15. The largest absolute Gasteiger partial charge is 0.481 e. The van der Waals surface area contributed by atoms with Crippen molar-refractivity contribution in [3.63, 3.8) is 0 Å². The number of hydrogen-bond acceptors (Lipinski definition) is 5. The Bertz CT molecular complexity index is 452. The Morgan fingerprint density at radius 3 is 2.68 bits per heavy atom. The fourth-order valence-electron chi connectivity index (χ4n) is 2.07. The van der Waals surface area contributed by atoms with Gasteiger partial charge in [0, 0.05) is 19.5 Å². The molecule has 19 heavy (non-hydrogen) atoms. The zero-order valence-corrected chi connectivity index (χ0v) is 10.7. The summed E-state index contributed by atoms with van der Waals surface area (Å²) in [4.78, 5) is 28.2. The highest BCUT2D eigenvalue weighted by atomic mass is 16.5. The molecule has 7 nitrogen and oxygen atoms in total. The Kier molecular flexibility index (Phi) is 4.48. The van der Waals surface area contributed by atoms with Crippen LogP contribution in [0, 0.1) is 0 Å². The molecule has 0 atom stereocenters. The zero-order valence-electron chi connectivity index (χ0n) is 10.7. The number of carboxylic acid groups (broad SMARTS) is 1. The van der Waals surface area contributed by atoms with Crippen molar-refractivity contribution in [2.45, 2.75) is 38.5 Å². The molecule has 1 amide bonds. The van der Waals surface area contributed by atoms with Gasteiger partial charge < -0.3 is 14.5 Å². The van der Waals surface area contributed by atoms with E-state index in [1.807, 2.05) is 4.90 Å². The van der Waals surface area contributed by atoms with Crippen LogP contribution in [0.4, 0.5) is 0 Å². The van der Waals surface area contributed by atoms with Crippen LogP contribution in [-0.4, -0.2) is 45.1 Å². The number of piperidine rings is 1. The van der Waals surface area contributed by atoms with Crippen molar-refractivity contribution in [1.29, 1.82) is 0 Å². The molecule has 1 aliphatic rings. The molecule has 1 aliphatic heterocycles. The Morgan fingerprint density at radius 2 is 2.00 bits per heavy atom. The second kappa shape index (κ2) is 6.31. The first-order valence-electron chi connectivity index (χ1n) is 6.46. The minimum Gasteiger partial charge on any atom is -0.481 e. The summed E-state index contributed by atoms with van der Waals surface area (Å²) in [5.41, 5.74) is 0. The summed E-state index contributed by atoms with van der Waals surface area (Å²) >= 11 is 0. The summed E-state index contributed by atoms with van der Waals surface area (Å²) in [6.45, 7) is 1.59. The number of aromatic nitrogens is 2. The van der Waals surface area contributed by atoms with Crippen LogP contribution in [0.15, 0.2) is 4.52 Å². The van der Waals surface area contributed by atoms with Crippen molar-refractivity contribution in [1.82, 2.24) is 15.0 Å². The molecule has 1 saturated heterocycles. The van der Waals surface area contributed by atoms with E-state index >= 15 is 0 Å². The summed E-state index contributed by atoms with van der Waals surface area (Å²) in [6.07, 6.45) is 3.52. The quantitative estimate of drug-likeness (QED) is 0.841. The van der Waals surface area contributed by atoms with E-state index in [9.17, 15) is 9.59 Å². The Hall–Kier alpha value is -1.92. The number of aryl methyl sites for hydroxylation is 1. The van der Waals surface area contributed by atoms with E-state index < -0.39 is 5.97 Å². The molecule has 0 spiro atoms. The maximum atomic E-state index is 12.0. The summed E-state index contributed by atoms with van der Waals surface area (Å²) in [5.74, 6) is -0.311. The molecule has 0 aliphatic carbocycles. The van der Waals surface area contributed by atoms with Gasteiger partial charge >= 0.3 is 5.97 Å². The maximum Gasteiger partial charge on any atom is 0.303 e. The highest BCUT2D eigenvalue weighted by Gasteiger charge is 2.19. The molecule has 0 saturated carbocycles. The first kappa shape index (κ1) is 13.5. The average Bonchev–Trinajstić information content (AvgIpc) is 2.85. The highest BCUT2D eigenvalue weighted by molar-refractivity contribution is 5.78. The monoisotopic (exact) mass is 267 g/mol. The van der Waals surface area contributed by atoms with Gasteiger partial charge in [-0.3, -0.25) is 9.59 Å². The van der Waals surface area contributed by atoms with Crippen molar-refractivity contribution in [3.8, 4) is 0 Å². The van der Waals surface area contributed by atoms with Gasteiger partial charge in [0.15, 0.2) is 5.82 Å². The maximum absolute atomic E-state index is 12.0. The molecular weight excluding hydrogens is 250 g/mol. The molecular formula is C12H17N3O4. The van der Waals surface area contributed by atoms with E-state index in [0.717, 1.165) is 25.9 Å². The van der Waals surface area contributed by atoms with Crippen molar-refractivity contribution >= 4 is 11.9 Å². The molecule has 0 aromatic carbocycles. The summed E-state index contributed by atoms with van der Waals surface area (Å²) in [5, 5.41) is 12.2. The molecule has 1 aromatic heterocycles. The first-order valence-corrected chi connectivity index (χ1v) is 6.46. The summed E-state index contributed by atoms with van der Waals surface area (Å²) in [6, 6.07) is 0. The van der Waals surface area contributed by atoms with Gasteiger partial charge in [-0.05, 0) is 19.3 Å². The molecule has 7 heteroatoms. The zero-order chi connectivity index (χ0) is 13.7. The summed E-state index contributed by atoms with van der Waals surface area (Å²) < 4.78 is 4.91. The number of carbonyl (C=O) groups excluding carboxylic acids is 1. The fourth-order valence-corrected chi connectivity index (χ4v) is 2.07. The van der Waals surface area contributed by atoms with Gasteiger partial charge in [0.1, 0.15) is 0 Å². The van der Waals surface area contributed by atoms with E-state index in [1.54, 1.807) is 0 Å². The van der Waals surface area contributed by atoms with Gasteiger partial charge in [0.2, 0.25) is 11.8 Å². The lowest BCUT2D eigenvalue weighted by Gasteiger charge is -2.26. The van der Waals surface area contributed by atoms with Crippen LogP contribution in [-0.2, 0) is 22.4 Å². The second-order valence-electron chi connectivity index (χ2n) is 4.62. The third-order valence-corrected chi connectivity index (χ3v) is 3.08. The van der Waals surface area contributed by atoms with Gasteiger partial charge in [-0.25, -0.2) is 0 Å². The predicted molar refractivity (Wildman–Crippen MR) is 64.4 cm³/mol. The number of aliphatic carboxylic acids is 1. The molecule has 104 valence electrons. The van der Waals surface area contributed by atoms with Crippen molar-refractivity contribution in [2.24, 2.45) is 0 Å². The number of likely N-dealkylation sites (tertiary alicyclic amines) is 1. The van der Waals surface area contributed by atoms with Gasteiger partial charge in [-0.2, -0.15) is 4.98 Å². The van der Waals surface area contributed by atoms with Crippen molar-refractivity contribution < 1.29 is 19.2 Å². The molecule has 1 fully saturated rings. The van der Waals surface area contributed by atoms with Gasteiger partial charge in [-0.1, -0.05) is 5.16 Å². The SMILES string of the molecule is O=C(O)CCc1nc(CC(=O)N2CCCCC2)no1. The number of amides is 1. The third-order valence-electron chi connectivity index (χ3n) is 3.08. The number of carboxylic acids is 1. The lowest BCUT2D eigenvalue weighted by Crippen LogP contribution is -2.36. The molecule has 0 unspecified atom stereocenters. The van der Waals surface area contributed by atoms with Crippen LogP contribution in [0.5, 0.6) is 0 Å². The van der Waals surface area contributed by atoms with Gasteiger partial charge in [0.25, 0.3) is 0 Å². The Labute approximate surface area is 110 Å². The topological polar surface area (TPSA) is 96.5 Å². The Balaban J connectivity index is 1.84. The van der Waals surface area contributed by atoms with E-state index in [0.29, 0.717) is 5.82 Å². The van der Waals surface area contributed by atoms with Gasteiger partial charge in [-0.15, -0.1) is 0 Å². The van der Waals surface area contributed by atoms with E-state index in [4.69, 9.17) is 9.63 Å².